The van der Waals surface area contributed by atoms with E-state index in [1.165, 1.54) is 0 Å². The standard InChI is InChI=1S/C15H24N4O2/c1-3-13-15(20)18-7-9-19(13)14-12(5-4-6-17-14)11-16-8-10-21-2/h4-6,13,16H,3,7-11H2,1-2H3,(H,18,20). The number of ether oxygens (including phenoxy) is 1. The van der Waals surface area contributed by atoms with Gasteiger partial charge in [0.2, 0.25) is 5.91 Å². The third kappa shape index (κ3) is 3.92. The molecule has 1 aromatic heterocycles. The molecule has 6 nitrogen and oxygen atoms in total. The van der Waals surface area contributed by atoms with Gasteiger partial charge in [0, 0.05) is 45.0 Å². The summed E-state index contributed by atoms with van der Waals surface area (Å²) in [5, 5.41) is 6.26. The summed E-state index contributed by atoms with van der Waals surface area (Å²) in [4.78, 5) is 18.6. The number of aromatic nitrogens is 1. The molecule has 116 valence electrons. The molecule has 1 atom stereocenters. The molecule has 1 amide bonds. The number of hydrogen-bond donors (Lipinski definition) is 2. The maximum atomic E-state index is 12.0. The van der Waals surface area contributed by atoms with Crippen LogP contribution in [0.4, 0.5) is 5.82 Å². The summed E-state index contributed by atoms with van der Waals surface area (Å²) in [7, 11) is 1.69. The second-order valence-electron chi connectivity index (χ2n) is 5.06. The van der Waals surface area contributed by atoms with Gasteiger partial charge in [0.15, 0.2) is 0 Å². The lowest BCUT2D eigenvalue weighted by molar-refractivity contribution is -0.123. The molecule has 1 aliphatic heterocycles. The van der Waals surface area contributed by atoms with Crippen LogP contribution in [0.25, 0.3) is 0 Å². The van der Waals surface area contributed by atoms with Crippen LogP contribution in [0, 0.1) is 0 Å². The minimum absolute atomic E-state index is 0.0905. The van der Waals surface area contributed by atoms with Crippen LogP contribution in [0.3, 0.4) is 0 Å². The summed E-state index contributed by atoms with van der Waals surface area (Å²) < 4.78 is 5.03. The molecule has 1 saturated heterocycles. The zero-order valence-electron chi connectivity index (χ0n) is 12.8. The summed E-state index contributed by atoms with van der Waals surface area (Å²) in [6.45, 7) is 5.69. The average Bonchev–Trinajstić information content (AvgIpc) is 2.52. The lowest BCUT2D eigenvalue weighted by atomic mass is 10.1. The summed E-state index contributed by atoms with van der Waals surface area (Å²) in [6, 6.07) is 3.86. The Labute approximate surface area is 125 Å². The van der Waals surface area contributed by atoms with Gasteiger partial charge in [0.25, 0.3) is 0 Å². The molecule has 6 heteroatoms. The molecule has 2 heterocycles. The predicted molar refractivity (Wildman–Crippen MR) is 82.3 cm³/mol. The maximum Gasteiger partial charge on any atom is 0.242 e. The number of nitrogens with one attached hydrogen (secondary N) is 2. The molecule has 1 aliphatic rings. The zero-order valence-corrected chi connectivity index (χ0v) is 12.8. The Morgan fingerprint density at radius 3 is 3.19 bits per heavy atom. The molecule has 0 bridgehead atoms. The number of piperazine rings is 1. The van der Waals surface area contributed by atoms with Gasteiger partial charge in [-0.05, 0) is 12.5 Å². The number of nitrogens with zero attached hydrogens (tertiary/aromatic N) is 2. The molecule has 2 rings (SSSR count). The second-order valence-corrected chi connectivity index (χ2v) is 5.06. The van der Waals surface area contributed by atoms with Gasteiger partial charge in [-0.15, -0.1) is 0 Å². The highest BCUT2D eigenvalue weighted by molar-refractivity contribution is 5.86. The quantitative estimate of drug-likeness (QED) is 0.718. The van der Waals surface area contributed by atoms with E-state index in [0.717, 1.165) is 37.4 Å². The van der Waals surface area contributed by atoms with Gasteiger partial charge < -0.3 is 20.3 Å². The average molecular weight is 292 g/mol. The minimum Gasteiger partial charge on any atom is -0.383 e. The van der Waals surface area contributed by atoms with Crippen LogP contribution >= 0.6 is 0 Å². The van der Waals surface area contributed by atoms with E-state index in [2.05, 4.69) is 26.6 Å². The topological polar surface area (TPSA) is 66.5 Å². The fourth-order valence-electron chi connectivity index (χ4n) is 2.60. The molecular formula is C15H24N4O2. The summed E-state index contributed by atoms with van der Waals surface area (Å²) >= 11 is 0. The summed E-state index contributed by atoms with van der Waals surface area (Å²) in [5.74, 6) is 0.997. The monoisotopic (exact) mass is 292 g/mol. The van der Waals surface area contributed by atoms with E-state index < -0.39 is 0 Å². The third-order valence-electron chi connectivity index (χ3n) is 3.66. The number of methoxy groups -OCH3 is 1. The van der Waals surface area contributed by atoms with Crippen molar-refractivity contribution in [2.45, 2.75) is 25.9 Å². The SMILES string of the molecule is CCC1C(=O)NCCN1c1ncccc1CNCCOC. The molecule has 1 aromatic rings. The normalized spacial score (nSPS) is 18.7. The van der Waals surface area contributed by atoms with Crippen LogP contribution in [0.2, 0.25) is 0 Å². The first kappa shape index (κ1) is 15.7. The maximum absolute atomic E-state index is 12.0. The number of rotatable bonds is 7. The molecule has 0 aliphatic carbocycles. The molecule has 1 unspecified atom stereocenters. The van der Waals surface area contributed by atoms with E-state index in [1.54, 1.807) is 13.3 Å². The van der Waals surface area contributed by atoms with Crippen molar-refractivity contribution in [2.75, 3.05) is 38.3 Å². The zero-order chi connectivity index (χ0) is 15.1. The van der Waals surface area contributed by atoms with E-state index in [1.807, 2.05) is 13.0 Å². The lowest BCUT2D eigenvalue weighted by Gasteiger charge is -2.36. The lowest BCUT2D eigenvalue weighted by Crippen LogP contribution is -2.55. The predicted octanol–water partition coefficient (Wildman–Crippen LogP) is 0.532. The van der Waals surface area contributed by atoms with E-state index in [0.29, 0.717) is 13.2 Å². The van der Waals surface area contributed by atoms with Crippen LogP contribution in [-0.2, 0) is 16.1 Å². The van der Waals surface area contributed by atoms with Crippen molar-refractivity contribution in [3.8, 4) is 0 Å². The molecule has 2 N–H and O–H groups in total. The highest BCUT2D eigenvalue weighted by Crippen LogP contribution is 2.22. The Kier molecular flexibility index (Phi) is 5.95. The van der Waals surface area contributed by atoms with E-state index in [9.17, 15) is 4.79 Å². The van der Waals surface area contributed by atoms with Gasteiger partial charge in [-0.25, -0.2) is 4.98 Å². The molecule has 1 fully saturated rings. The number of amides is 1. The molecule has 21 heavy (non-hydrogen) atoms. The Hall–Kier alpha value is -1.66. The first-order valence-corrected chi connectivity index (χ1v) is 7.45. The smallest absolute Gasteiger partial charge is 0.242 e. The number of carbonyl (C=O) groups excluding carboxylic acids is 1. The van der Waals surface area contributed by atoms with Crippen molar-refractivity contribution in [3.63, 3.8) is 0 Å². The minimum atomic E-state index is -0.133. The number of hydrogen-bond acceptors (Lipinski definition) is 5. The van der Waals surface area contributed by atoms with Gasteiger partial charge in [-0.1, -0.05) is 13.0 Å². The Balaban J connectivity index is 2.12. The van der Waals surface area contributed by atoms with Crippen LogP contribution in [0.15, 0.2) is 18.3 Å². The second kappa shape index (κ2) is 7.95. The summed E-state index contributed by atoms with van der Waals surface area (Å²) in [5.41, 5.74) is 1.11. The fraction of sp³-hybridized carbons (Fsp3) is 0.600. The number of pyridine rings is 1. The third-order valence-corrected chi connectivity index (χ3v) is 3.66. The Bertz CT molecular complexity index is 467. The van der Waals surface area contributed by atoms with E-state index >= 15 is 0 Å². The fourth-order valence-corrected chi connectivity index (χ4v) is 2.60. The van der Waals surface area contributed by atoms with Gasteiger partial charge in [0.1, 0.15) is 11.9 Å². The molecular weight excluding hydrogens is 268 g/mol. The molecule has 0 aromatic carbocycles. The van der Waals surface area contributed by atoms with Crippen molar-refractivity contribution in [3.05, 3.63) is 23.9 Å². The van der Waals surface area contributed by atoms with Crippen molar-refractivity contribution < 1.29 is 9.53 Å². The Morgan fingerprint density at radius 1 is 1.57 bits per heavy atom. The first-order valence-electron chi connectivity index (χ1n) is 7.45. The molecule has 0 saturated carbocycles. The van der Waals surface area contributed by atoms with Gasteiger partial charge in [0.05, 0.1) is 6.61 Å². The van der Waals surface area contributed by atoms with Crippen molar-refractivity contribution in [1.29, 1.82) is 0 Å². The van der Waals surface area contributed by atoms with Crippen LogP contribution in [-0.4, -0.2) is 50.3 Å². The largest absolute Gasteiger partial charge is 0.383 e. The van der Waals surface area contributed by atoms with E-state index in [-0.39, 0.29) is 11.9 Å². The molecule has 0 spiro atoms. The number of anilines is 1. The van der Waals surface area contributed by atoms with Crippen LogP contribution in [0.5, 0.6) is 0 Å². The van der Waals surface area contributed by atoms with Gasteiger partial charge in [-0.3, -0.25) is 4.79 Å². The van der Waals surface area contributed by atoms with Crippen LogP contribution < -0.4 is 15.5 Å². The van der Waals surface area contributed by atoms with E-state index in [4.69, 9.17) is 4.74 Å². The highest BCUT2D eigenvalue weighted by atomic mass is 16.5. The van der Waals surface area contributed by atoms with Gasteiger partial charge in [-0.2, -0.15) is 0 Å². The van der Waals surface area contributed by atoms with Crippen molar-refractivity contribution >= 4 is 11.7 Å². The van der Waals surface area contributed by atoms with Crippen molar-refractivity contribution in [2.24, 2.45) is 0 Å². The number of carbonyl (C=O) groups is 1. The molecule has 0 radical (unpaired) electrons. The first-order chi connectivity index (χ1) is 10.3. The van der Waals surface area contributed by atoms with Gasteiger partial charge >= 0.3 is 0 Å². The summed E-state index contributed by atoms with van der Waals surface area (Å²) in [6.07, 6.45) is 2.56. The Morgan fingerprint density at radius 2 is 2.43 bits per heavy atom. The highest BCUT2D eigenvalue weighted by Gasteiger charge is 2.29. The van der Waals surface area contributed by atoms with Crippen LogP contribution in [0.1, 0.15) is 18.9 Å². The van der Waals surface area contributed by atoms with Crippen molar-refractivity contribution in [1.82, 2.24) is 15.6 Å².